The monoisotopic (exact) mass is 329 g/mol. The predicted molar refractivity (Wildman–Crippen MR) is 75.5 cm³/mol. The highest BCUT2D eigenvalue weighted by Crippen LogP contribution is 2.44. The molecule has 1 fully saturated rings. The van der Waals surface area contributed by atoms with Crippen LogP contribution in [0.25, 0.3) is 0 Å². The second-order valence-electron chi connectivity index (χ2n) is 3.45. The third kappa shape index (κ3) is 2.96. The lowest BCUT2D eigenvalue weighted by Crippen LogP contribution is -2.40. The van der Waals surface area contributed by atoms with Crippen LogP contribution in [0.15, 0.2) is 24.3 Å². The minimum atomic E-state index is -1.52. The van der Waals surface area contributed by atoms with Gasteiger partial charge in [0.1, 0.15) is 5.37 Å². The van der Waals surface area contributed by atoms with Crippen LogP contribution in [-0.4, -0.2) is 20.8 Å². The van der Waals surface area contributed by atoms with Crippen molar-refractivity contribution in [3.63, 3.8) is 0 Å². The van der Waals surface area contributed by atoms with Crippen molar-refractivity contribution in [3.8, 4) is 0 Å². The van der Waals surface area contributed by atoms with E-state index < -0.39 is 9.17 Å². The van der Waals surface area contributed by atoms with E-state index in [1.54, 1.807) is 24.3 Å². The third-order valence-electron chi connectivity index (χ3n) is 2.25. The van der Waals surface area contributed by atoms with Crippen LogP contribution in [0, 0.1) is 0 Å². The molecule has 1 atom stereocenters. The molecule has 1 aromatic rings. The summed E-state index contributed by atoms with van der Waals surface area (Å²) in [5.74, 6) is 0.231. The van der Waals surface area contributed by atoms with E-state index in [1.807, 2.05) is 0 Å². The average Bonchev–Trinajstić information content (AvgIpc) is 2.61. The molecule has 2 rings (SSSR count). The molecule has 1 heterocycles. The molecule has 1 saturated heterocycles. The first kappa shape index (κ1) is 13.6. The zero-order valence-corrected chi connectivity index (χ0v) is 12.2. The lowest BCUT2D eigenvalue weighted by atomic mass is 10.3. The fourth-order valence-electron chi connectivity index (χ4n) is 1.55. The summed E-state index contributed by atoms with van der Waals surface area (Å²) in [4.78, 5) is 13.3. The Morgan fingerprint density at radius 3 is 2.35 bits per heavy atom. The molecule has 0 N–H and O–H groups in total. The number of halogens is 4. The van der Waals surface area contributed by atoms with Gasteiger partial charge in [-0.25, -0.2) is 0 Å². The number of alkyl halides is 3. The number of hydrogen-bond acceptors (Lipinski definition) is 2. The van der Waals surface area contributed by atoms with Crippen LogP contribution in [0.5, 0.6) is 0 Å². The van der Waals surface area contributed by atoms with Crippen molar-refractivity contribution in [2.24, 2.45) is 0 Å². The van der Waals surface area contributed by atoms with Gasteiger partial charge in [-0.05, 0) is 24.3 Å². The standard InChI is InChI=1S/C10H7Cl4NOS/c11-6-1-3-7(4-2-6)15-8(16)5-17-9(15)10(12,13)14/h1-4,9H,5H2. The summed E-state index contributed by atoms with van der Waals surface area (Å²) in [5, 5.41) is 0.0830. The molecular formula is C10H7Cl4NOS. The van der Waals surface area contributed by atoms with E-state index in [0.29, 0.717) is 16.5 Å². The Balaban J connectivity index is 2.34. The molecule has 7 heteroatoms. The summed E-state index contributed by atoms with van der Waals surface area (Å²) in [6, 6.07) is 6.86. The first-order valence-corrected chi connectivity index (χ1v) is 7.21. The molecule has 0 spiro atoms. The van der Waals surface area contributed by atoms with Crippen molar-refractivity contribution in [2.45, 2.75) is 9.17 Å². The second-order valence-corrected chi connectivity index (χ2v) is 7.32. The zero-order chi connectivity index (χ0) is 12.6. The van der Waals surface area contributed by atoms with Crippen molar-refractivity contribution in [2.75, 3.05) is 10.7 Å². The Kier molecular flexibility index (Phi) is 4.06. The van der Waals surface area contributed by atoms with Crippen LogP contribution in [-0.2, 0) is 4.79 Å². The number of carbonyl (C=O) groups is 1. The normalized spacial score (nSPS) is 21.1. The number of amides is 1. The van der Waals surface area contributed by atoms with Gasteiger partial charge in [-0.3, -0.25) is 9.69 Å². The van der Waals surface area contributed by atoms with Crippen LogP contribution >= 0.6 is 58.2 Å². The summed E-state index contributed by atoms with van der Waals surface area (Å²) < 4.78 is -1.52. The Bertz CT molecular complexity index is 431. The number of nitrogens with zero attached hydrogens (tertiary/aromatic N) is 1. The van der Waals surface area contributed by atoms with E-state index >= 15 is 0 Å². The smallest absolute Gasteiger partial charge is 0.238 e. The quantitative estimate of drug-likeness (QED) is 0.722. The lowest BCUT2D eigenvalue weighted by molar-refractivity contribution is -0.115. The molecule has 1 aliphatic rings. The highest BCUT2D eigenvalue weighted by atomic mass is 35.6. The minimum Gasteiger partial charge on any atom is -0.295 e. The van der Waals surface area contributed by atoms with E-state index in [-0.39, 0.29) is 5.91 Å². The van der Waals surface area contributed by atoms with E-state index in [4.69, 9.17) is 46.4 Å². The molecular weight excluding hydrogens is 324 g/mol. The minimum absolute atomic E-state index is 0.0753. The maximum atomic E-state index is 11.8. The topological polar surface area (TPSA) is 20.3 Å². The van der Waals surface area contributed by atoms with Crippen molar-refractivity contribution < 1.29 is 4.79 Å². The number of carbonyl (C=O) groups excluding carboxylic acids is 1. The first-order chi connectivity index (χ1) is 7.89. The predicted octanol–water partition coefficient (Wildman–Crippen LogP) is 4.12. The SMILES string of the molecule is O=C1CSC(C(Cl)(Cl)Cl)N1c1ccc(Cl)cc1. The molecule has 0 bridgehead atoms. The largest absolute Gasteiger partial charge is 0.295 e. The number of thioether (sulfide) groups is 1. The molecule has 1 aliphatic heterocycles. The van der Waals surface area contributed by atoms with Crippen LogP contribution in [0.4, 0.5) is 5.69 Å². The summed E-state index contributed by atoms with van der Waals surface area (Å²) in [6.07, 6.45) is 0. The maximum absolute atomic E-state index is 11.8. The Hall–Kier alpha value is 0.200. The Morgan fingerprint density at radius 2 is 1.82 bits per heavy atom. The summed E-state index contributed by atoms with van der Waals surface area (Å²) in [7, 11) is 0. The van der Waals surface area contributed by atoms with Gasteiger partial charge < -0.3 is 0 Å². The molecule has 0 aliphatic carbocycles. The summed E-state index contributed by atoms with van der Waals surface area (Å²) in [5.41, 5.74) is 0.681. The molecule has 2 nitrogen and oxygen atoms in total. The van der Waals surface area contributed by atoms with Crippen LogP contribution in [0.2, 0.25) is 5.02 Å². The first-order valence-electron chi connectivity index (χ1n) is 4.65. The van der Waals surface area contributed by atoms with Crippen molar-refractivity contribution in [3.05, 3.63) is 29.3 Å². The molecule has 0 saturated carbocycles. The highest BCUT2D eigenvalue weighted by molar-refractivity contribution is 8.01. The lowest BCUT2D eigenvalue weighted by Gasteiger charge is -2.28. The van der Waals surface area contributed by atoms with Crippen LogP contribution in [0.1, 0.15) is 0 Å². The van der Waals surface area contributed by atoms with Gasteiger partial charge in [0, 0.05) is 10.7 Å². The molecule has 92 valence electrons. The number of hydrogen-bond donors (Lipinski definition) is 0. The summed E-state index contributed by atoms with van der Waals surface area (Å²) in [6.45, 7) is 0. The van der Waals surface area contributed by atoms with Crippen molar-refractivity contribution >= 4 is 69.8 Å². The average molecular weight is 331 g/mol. The van der Waals surface area contributed by atoms with Gasteiger partial charge >= 0.3 is 0 Å². The van der Waals surface area contributed by atoms with E-state index in [0.717, 1.165) is 0 Å². The number of anilines is 1. The van der Waals surface area contributed by atoms with E-state index in [2.05, 4.69) is 0 Å². The fraction of sp³-hybridized carbons (Fsp3) is 0.300. The van der Waals surface area contributed by atoms with Gasteiger partial charge in [-0.2, -0.15) is 0 Å². The van der Waals surface area contributed by atoms with Gasteiger partial charge in [0.2, 0.25) is 9.70 Å². The molecule has 0 radical (unpaired) electrons. The van der Waals surface area contributed by atoms with E-state index in [9.17, 15) is 4.79 Å². The molecule has 1 unspecified atom stereocenters. The molecule has 0 aromatic heterocycles. The second kappa shape index (κ2) is 5.06. The third-order valence-corrected chi connectivity index (χ3v) is 4.81. The van der Waals surface area contributed by atoms with Gasteiger partial charge in [-0.1, -0.05) is 46.4 Å². The Labute approximate surface area is 123 Å². The van der Waals surface area contributed by atoms with Crippen LogP contribution < -0.4 is 4.90 Å². The van der Waals surface area contributed by atoms with E-state index in [1.165, 1.54) is 16.7 Å². The number of benzene rings is 1. The van der Waals surface area contributed by atoms with Gasteiger partial charge in [0.25, 0.3) is 0 Å². The van der Waals surface area contributed by atoms with Gasteiger partial charge in [-0.15, -0.1) is 11.8 Å². The Morgan fingerprint density at radius 1 is 1.24 bits per heavy atom. The van der Waals surface area contributed by atoms with Gasteiger partial charge in [0.05, 0.1) is 5.75 Å². The van der Waals surface area contributed by atoms with Crippen molar-refractivity contribution in [1.82, 2.24) is 0 Å². The van der Waals surface area contributed by atoms with Gasteiger partial charge in [0.15, 0.2) is 0 Å². The molecule has 1 amide bonds. The zero-order valence-electron chi connectivity index (χ0n) is 8.37. The molecule has 1 aromatic carbocycles. The highest BCUT2D eigenvalue weighted by Gasteiger charge is 2.45. The fourth-order valence-corrected chi connectivity index (χ4v) is 3.55. The molecule has 17 heavy (non-hydrogen) atoms. The van der Waals surface area contributed by atoms with Crippen LogP contribution in [0.3, 0.4) is 0 Å². The number of rotatable bonds is 1. The van der Waals surface area contributed by atoms with Crippen molar-refractivity contribution in [1.29, 1.82) is 0 Å². The maximum Gasteiger partial charge on any atom is 0.238 e. The summed E-state index contributed by atoms with van der Waals surface area (Å²) >= 11 is 24.7.